The van der Waals surface area contributed by atoms with Crippen LogP contribution in [0.4, 0.5) is 0 Å². The van der Waals surface area contributed by atoms with E-state index in [2.05, 4.69) is 0 Å². The molecule has 1 aliphatic rings. The van der Waals surface area contributed by atoms with Gasteiger partial charge in [-0.2, -0.15) is 0 Å². The lowest BCUT2D eigenvalue weighted by Gasteiger charge is -2.25. The largest absolute Gasteiger partial charge is 0.491 e. The molecule has 7 heteroatoms. The molecule has 4 N–H and O–H groups in total. The molecule has 5 atom stereocenters. The Kier molecular flexibility index (Phi) is 11.0. The Hall–Kier alpha value is -2.45. The molecule has 0 spiro atoms. The molecule has 0 radical (unpaired) electrons. The Morgan fingerprint density at radius 2 is 1.57 bits per heavy atom. The number of aliphatic hydroxyl groups is 3. The molecule has 1 fully saturated rings. The molecule has 0 aromatic heterocycles. The molecular formula is C28H39NO6. The first-order chi connectivity index (χ1) is 16.9. The molecule has 192 valence electrons. The van der Waals surface area contributed by atoms with Crippen LogP contribution >= 0.6 is 0 Å². The van der Waals surface area contributed by atoms with E-state index in [-0.39, 0.29) is 25.0 Å². The monoisotopic (exact) mass is 485 g/mol. The van der Waals surface area contributed by atoms with Crippen molar-refractivity contribution < 1.29 is 30.0 Å². The SMILES string of the molecule is O=C(O)CN(CCCC[C@@H]1[C@@H](CC[C@@H](O)COc2ccccc2)[C@H](O)C[C@@H]1O)Cc1ccccc1. The Balaban J connectivity index is 1.42. The Morgan fingerprint density at radius 3 is 2.23 bits per heavy atom. The van der Waals surface area contributed by atoms with E-state index in [9.17, 15) is 25.2 Å². The van der Waals surface area contributed by atoms with E-state index in [0.717, 1.165) is 24.8 Å². The third-order valence-corrected chi connectivity index (χ3v) is 6.91. The van der Waals surface area contributed by atoms with E-state index in [1.54, 1.807) is 0 Å². The number of para-hydroxylation sites is 1. The fourth-order valence-electron chi connectivity index (χ4n) is 5.12. The van der Waals surface area contributed by atoms with Crippen LogP contribution in [-0.4, -0.2) is 69.3 Å². The van der Waals surface area contributed by atoms with Crippen LogP contribution in [0, 0.1) is 11.8 Å². The van der Waals surface area contributed by atoms with Crippen LogP contribution < -0.4 is 4.74 Å². The van der Waals surface area contributed by atoms with Crippen LogP contribution in [0.1, 0.15) is 44.1 Å². The van der Waals surface area contributed by atoms with Gasteiger partial charge in [0.2, 0.25) is 0 Å². The minimum Gasteiger partial charge on any atom is -0.491 e. The van der Waals surface area contributed by atoms with Gasteiger partial charge in [0.15, 0.2) is 0 Å². The van der Waals surface area contributed by atoms with Crippen molar-refractivity contribution in [3.63, 3.8) is 0 Å². The highest BCUT2D eigenvalue weighted by molar-refractivity contribution is 5.69. The average molecular weight is 486 g/mol. The Morgan fingerprint density at radius 1 is 0.943 bits per heavy atom. The normalized spacial score (nSPS) is 22.9. The lowest BCUT2D eigenvalue weighted by atomic mass is 9.85. The van der Waals surface area contributed by atoms with E-state index >= 15 is 0 Å². The van der Waals surface area contributed by atoms with Crippen LogP contribution in [-0.2, 0) is 11.3 Å². The molecule has 0 aliphatic heterocycles. The van der Waals surface area contributed by atoms with Gasteiger partial charge in [-0.1, -0.05) is 55.0 Å². The van der Waals surface area contributed by atoms with Gasteiger partial charge in [0, 0.05) is 6.54 Å². The second-order valence-corrected chi connectivity index (χ2v) is 9.64. The summed E-state index contributed by atoms with van der Waals surface area (Å²) in [7, 11) is 0. The number of rotatable bonds is 15. The molecule has 0 heterocycles. The van der Waals surface area contributed by atoms with Crippen molar-refractivity contribution >= 4 is 5.97 Å². The predicted octanol–water partition coefficient (Wildman–Crippen LogP) is 3.32. The summed E-state index contributed by atoms with van der Waals surface area (Å²) in [4.78, 5) is 13.2. The Labute approximate surface area is 208 Å². The summed E-state index contributed by atoms with van der Waals surface area (Å²) in [5.41, 5.74) is 1.08. The number of aliphatic hydroxyl groups excluding tert-OH is 3. The van der Waals surface area contributed by atoms with Gasteiger partial charge in [-0.05, 0) is 68.2 Å². The second-order valence-electron chi connectivity index (χ2n) is 9.64. The smallest absolute Gasteiger partial charge is 0.317 e. The summed E-state index contributed by atoms with van der Waals surface area (Å²) in [6, 6.07) is 19.2. The third-order valence-electron chi connectivity index (χ3n) is 6.91. The maximum Gasteiger partial charge on any atom is 0.317 e. The summed E-state index contributed by atoms with van der Waals surface area (Å²) >= 11 is 0. The molecule has 2 aromatic rings. The summed E-state index contributed by atoms with van der Waals surface area (Å²) in [6.45, 7) is 1.43. The van der Waals surface area contributed by atoms with E-state index in [1.807, 2.05) is 65.6 Å². The third kappa shape index (κ3) is 9.26. The fraction of sp³-hybridized carbons (Fsp3) is 0.536. The average Bonchev–Trinajstić information content (AvgIpc) is 3.11. The summed E-state index contributed by atoms with van der Waals surface area (Å²) in [5.74, 6) is -0.208. The van der Waals surface area contributed by atoms with Gasteiger partial charge in [0.25, 0.3) is 0 Å². The summed E-state index contributed by atoms with van der Waals surface area (Å²) in [6.07, 6.45) is 2.17. The van der Waals surface area contributed by atoms with E-state index in [4.69, 9.17) is 4.74 Å². The zero-order valence-corrected chi connectivity index (χ0v) is 20.3. The van der Waals surface area contributed by atoms with Crippen molar-refractivity contribution in [3.05, 3.63) is 66.2 Å². The number of nitrogens with zero attached hydrogens (tertiary/aromatic N) is 1. The van der Waals surface area contributed by atoms with Crippen LogP contribution in [0.25, 0.3) is 0 Å². The van der Waals surface area contributed by atoms with Gasteiger partial charge in [-0.15, -0.1) is 0 Å². The molecule has 2 aromatic carbocycles. The second kappa shape index (κ2) is 14.2. The number of benzene rings is 2. The zero-order chi connectivity index (χ0) is 25.0. The van der Waals surface area contributed by atoms with Crippen LogP contribution in [0.5, 0.6) is 5.75 Å². The molecule has 1 aliphatic carbocycles. The van der Waals surface area contributed by atoms with Gasteiger partial charge in [-0.3, -0.25) is 9.69 Å². The first-order valence-corrected chi connectivity index (χ1v) is 12.6. The highest BCUT2D eigenvalue weighted by atomic mass is 16.5. The number of hydrogen-bond donors (Lipinski definition) is 4. The van der Waals surface area contributed by atoms with Gasteiger partial charge in [0.05, 0.1) is 24.9 Å². The van der Waals surface area contributed by atoms with Gasteiger partial charge < -0.3 is 25.2 Å². The minimum absolute atomic E-state index is 0.00870. The van der Waals surface area contributed by atoms with Crippen LogP contribution in [0.2, 0.25) is 0 Å². The molecule has 7 nitrogen and oxygen atoms in total. The predicted molar refractivity (Wildman–Crippen MR) is 134 cm³/mol. The number of carbonyl (C=O) groups is 1. The molecule has 3 rings (SSSR count). The number of carboxylic acid groups (broad SMARTS) is 1. The zero-order valence-electron chi connectivity index (χ0n) is 20.3. The molecular weight excluding hydrogens is 446 g/mol. The van der Waals surface area contributed by atoms with Crippen LogP contribution in [0.15, 0.2) is 60.7 Å². The number of ether oxygens (including phenoxy) is 1. The highest BCUT2D eigenvalue weighted by Crippen LogP contribution is 2.39. The first kappa shape index (κ1) is 27.1. The van der Waals surface area contributed by atoms with E-state index in [0.29, 0.717) is 38.1 Å². The van der Waals surface area contributed by atoms with Crippen LogP contribution in [0.3, 0.4) is 0 Å². The maximum absolute atomic E-state index is 11.3. The maximum atomic E-state index is 11.3. The van der Waals surface area contributed by atoms with Crippen molar-refractivity contribution in [2.75, 3.05) is 19.7 Å². The highest BCUT2D eigenvalue weighted by Gasteiger charge is 2.40. The Bertz CT molecular complexity index is 864. The summed E-state index contributed by atoms with van der Waals surface area (Å²) in [5, 5.41) is 40.7. The quantitative estimate of drug-likeness (QED) is 0.287. The molecule has 0 bridgehead atoms. The molecule has 1 saturated carbocycles. The minimum atomic E-state index is -0.842. The van der Waals surface area contributed by atoms with E-state index < -0.39 is 24.3 Å². The topological polar surface area (TPSA) is 110 Å². The standard InChI is InChI=1S/C28H39NO6/c30-22(20-35-23-11-5-2-6-12-23)14-15-25-24(26(31)17-27(25)32)13-7-8-16-29(19-28(33)34)18-21-9-3-1-4-10-21/h1-6,9-12,22,24-27,30-32H,7-8,13-20H2,(H,33,34)/t22-,24-,25-,26+,27-/m1/s1. The first-order valence-electron chi connectivity index (χ1n) is 12.6. The molecule has 35 heavy (non-hydrogen) atoms. The van der Waals surface area contributed by atoms with Crippen molar-refractivity contribution in [1.29, 1.82) is 0 Å². The number of unbranched alkanes of at least 4 members (excludes halogenated alkanes) is 1. The number of carboxylic acids is 1. The van der Waals surface area contributed by atoms with E-state index in [1.165, 1.54) is 0 Å². The van der Waals surface area contributed by atoms with Crippen molar-refractivity contribution in [3.8, 4) is 5.75 Å². The van der Waals surface area contributed by atoms with Crippen molar-refractivity contribution in [1.82, 2.24) is 4.90 Å². The molecule has 0 amide bonds. The van der Waals surface area contributed by atoms with Crippen molar-refractivity contribution in [2.24, 2.45) is 11.8 Å². The molecule has 0 saturated heterocycles. The fourth-order valence-corrected chi connectivity index (χ4v) is 5.12. The van der Waals surface area contributed by atoms with Gasteiger partial charge in [0.1, 0.15) is 12.4 Å². The number of aliphatic carboxylic acids is 1. The lowest BCUT2D eigenvalue weighted by molar-refractivity contribution is -0.138. The summed E-state index contributed by atoms with van der Waals surface area (Å²) < 4.78 is 5.62. The van der Waals surface area contributed by atoms with Gasteiger partial charge >= 0.3 is 5.97 Å². The molecule has 0 unspecified atom stereocenters. The number of hydrogen-bond acceptors (Lipinski definition) is 6. The van der Waals surface area contributed by atoms with Crippen molar-refractivity contribution in [2.45, 2.75) is 63.4 Å². The lowest BCUT2D eigenvalue weighted by Crippen LogP contribution is -2.30. The van der Waals surface area contributed by atoms with Gasteiger partial charge in [-0.25, -0.2) is 0 Å².